The highest BCUT2D eigenvalue weighted by atomic mass is 32.1. The van der Waals surface area contributed by atoms with Crippen LogP contribution in [0.4, 0.5) is 0 Å². The number of aromatic nitrogens is 3. The van der Waals surface area contributed by atoms with Gasteiger partial charge in [0.15, 0.2) is 0 Å². The van der Waals surface area contributed by atoms with Crippen molar-refractivity contribution in [3.63, 3.8) is 0 Å². The lowest BCUT2D eigenvalue weighted by Crippen LogP contribution is -2.23. The summed E-state index contributed by atoms with van der Waals surface area (Å²) in [5.74, 6) is 0.658. The van der Waals surface area contributed by atoms with Crippen molar-refractivity contribution in [1.82, 2.24) is 25.2 Å². The van der Waals surface area contributed by atoms with Crippen molar-refractivity contribution >= 4 is 11.3 Å². The minimum atomic E-state index is 0.658. The third-order valence-electron chi connectivity index (χ3n) is 3.19. The molecule has 2 heterocycles. The van der Waals surface area contributed by atoms with Crippen molar-refractivity contribution in [2.75, 3.05) is 20.1 Å². The molecule has 0 aromatic carbocycles. The fraction of sp³-hybridized carbons (Fsp3) is 0.600. The van der Waals surface area contributed by atoms with Crippen molar-refractivity contribution < 1.29 is 0 Å². The highest BCUT2D eigenvalue weighted by molar-refractivity contribution is 7.07. The quantitative estimate of drug-likeness (QED) is 0.771. The number of nitrogens with one attached hydrogen (secondary N) is 1. The molecule has 0 bridgehead atoms. The molecule has 116 valence electrons. The summed E-state index contributed by atoms with van der Waals surface area (Å²) in [6.45, 7) is 9.04. The molecule has 1 N–H and O–H groups in total. The molecule has 0 radical (unpaired) electrons. The lowest BCUT2D eigenvalue weighted by atomic mass is 10.2. The van der Waals surface area contributed by atoms with Gasteiger partial charge in [0, 0.05) is 25.8 Å². The zero-order chi connectivity index (χ0) is 15.1. The minimum Gasteiger partial charge on any atom is -0.311 e. The zero-order valence-corrected chi connectivity index (χ0v) is 13.9. The average Bonchev–Trinajstić information content (AvgIpc) is 3.07. The first-order chi connectivity index (χ1) is 10.1. The number of thiophene rings is 1. The van der Waals surface area contributed by atoms with Crippen LogP contribution in [0.2, 0.25) is 0 Å². The summed E-state index contributed by atoms with van der Waals surface area (Å²) < 4.78 is 1.93. The standard InChI is InChI=1S/C15H25N5S/c1-13(2)8-16-9-15-11-20(18-17-15)6-5-19(3)10-14-4-7-21-12-14/h4,7,11-13,16H,5-6,8-10H2,1-3H3. The van der Waals surface area contributed by atoms with Crippen LogP contribution in [-0.4, -0.2) is 40.0 Å². The highest BCUT2D eigenvalue weighted by Crippen LogP contribution is 2.08. The van der Waals surface area contributed by atoms with Gasteiger partial charge in [0.25, 0.3) is 0 Å². The summed E-state index contributed by atoms with van der Waals surface area (Å²) in [4.78, 5) is 2.31. The fourth-order valence-corrected chi connectivity index (χ4v) is 2.72. The Morgan fingerprint density at radius 2 is 2.29 bits per heavy atom. The second-order valence-corrected chi connectivity index (χ2v) is 6.65. The first-order valence-electron chi connectivity index (χ1n) is 7.43. The van der Waals surface area contributed by atoms with Crippen molar-refractivity contribution in [1.29, 1.82) is 0 Å². The number of hydrogen-bond acceptors (Lipinski definition) is 5. The maximum absolute atomic E-state index is 4.20. The monoisotopic (exact) mass is 307 g/mol. The molecule has 2 aromatic rings. The van der Waals surface area contributed by atoms with E-state index in [-0.39, 0.29) is 0 Å². The molecular formula is C15H25N5S. The van der Waals surface area contributed by atoms with E-state index in [0.717, 1.165) is 38.4 Å². The van der Waals surface area contributed by atoms with Gasteiger partial charge in [0.2, 0.25) is 0 Å². The smallest absolute Gasteiger partial charge is 0.0964 e. The van der Waals surface area contributed by atoms with Crippen LogP contribution < -0.4 is 5.32 Å². The Balaban J connectivity index is 1.69. The van der Waals surface area contributed by atoms with Gasteiger partial charge < -0.3 is 10.2 Å². The van der Waals surface area contributed by atoms with Crippen LogP contribution in [-0.2, 0) is 19.6 Å². The van der Waals surface area contributed by atoms with Gasteiger partial charge in [-0.25, -0.2) is 0 Å². The third kappa shape index (κ3) is 5.95. The third-order valence-corrected chi connectivity index (χ3v) is 3.92. The van der Waals surface area contributed by atoms with Gasteiger partial charge in [-0.05, 0) is 41.9 Å². The zero-order valence-electron chi connectivity index (χ0n) is 13.1. The lowest BCUT2D eigenvalue weighted by Gasteiger charge is -2.15. The number of likely N-dealkylation sites (N-methyl/N-ethyl adjacent to an activating group) is 1. The van der Waals surface area contributed by atoms with Gasteiger partial charge in [0.05, 0.1) is 12.2 Å². The average molecular weight is 307 g/mol. The van der Waals surface area contributed by atoms with Crippen LogP contribution in [0.1, 0.15) is 25.1 Å². The number of rotatable bonds is 9. The summed E-state index contributed by atoms with van der Waals surface area (Å²) in [7, 11) is 2.14. The number of nitrogens with zero attached hydrogens (tertiary/aromatic N) is 4. The molecule has 0 fully saturated rings. The van der Waals surface area contributed by atoms with Gasteiger partial charge >= 0.3 is 0 Å². The molecule has 0 aliphatic carbocycles. The Hall–Kier alpha value is -1.24. The van der Waals surface area contributed by atoms with Crippen molar-refractivity contribution in [3.05, 3.63) is 34.3 Å². The van der Waals surface area contributed by atoms with Crippen LogP contribution in [0, 0.1) is 5.92 Å². The predicted octanol–water partition coefficient (Wildman–Crippen LogP) is 2.22. The molecular weight excluding hydrogens is 282 g/mol. The summed E-state index contributed by atoms with van der Waals surface area (Å²) in [5, 5.41) is 16.1. The molecule has 0 unspecified atom stereocenters. The van der Waals surface area contributed by atoms with Crippen LogP contribution >= 0.6 is 11.3 Å². The van der Waals surface area contributed by atoms with E-state index in [4.69, 9.17) is 0 Å². The van der Waals surface area contributed by atoms with Crippen molar-refractivity contribution in [2.24, 2.45) is 5.92 Å². The maximum Gasteiger partial charge on any atom is 0.0964 e. The Labute approximate surface area is 131 Å². The molecule has 0 aliphatic heterocycles. The first kappa shape index (κ1) is 16.1. The van der Waals surface area contributed by atoms with Crippen LogP contribution in [0.3, 0.4) is 0 Å². The van der Waals surface area contributed by atoms with E-state index in [0.29, 0.717) is 5.92 Å². The van der Waals surface area contributed by atoms with Gasteiger partial charge in [-0.2, -0.15) is 11.3 Å². The topological polar surface area (TPSA) is 46.0 Å². The van der Waals surface area contributed by atoms with Gasteiger partial charge in [-0.15, -0.1) is 5.10 Å². The molecule has 2 aromatic heterocycles. The Bertz CT molecular complexity index is 506. The largest absolute Gasteiger partial charge is 0.311 e. The molecule has 0 spiro atoms. The van der Waals surface area contributed by atoms with Gasteiger partial charge in [-0.1, -0.05) is 19.1 Å². The van der Waals surface area contributed by atoms with Crippen molar-refractivity contribution in [2.45, 2.75) is 33.5 Å². The van der Waals surface area contributed by atoms with E-state index < -0.39 is 0 Å². The van der Waals surface area contributed by atoms with Crippen LogP contribution in [0.15, 0.2) is 23.0 Å². The van der Waals surface area contributed by atoms with E-state index in [1.54, 1.807) is 11.3 Å². The van der Waals surface area contributed by atoms with E-state index in [1.807, 2.05) is 10.9 Å². The Kier molecular flexibility index (Phi) is 6.35. The molecule has 6 heteroatoms. The van der Waals surface area contributed by atoms with E-state index >= 15 is 0 Å². The molecule has 0 saturated carbocycles. The molecule has 21 heavy (non-hydrogen) atoms. The summed E-state index contributed by atoms with van der Waals surface area (Å²) >= 11 is 1.75. The van der Waals surface area contributed by atoms with Gasteiger partial charge in [0.1, 0.15) is 0 Å². The molecule has 0 amide bonds. The first-order valence-corrected chi connectivity index (χ1v) is 8.37. The normalized spacial score (nSPS) is 11.7. The molecule has 5 nitrogen and oxygen atoms in total. The highest BCUT2D eigenvalue weighted by Gasteiger charge is 2.04. The summed E-state index contributed by atoms with van der Waals surface area (Å²) in [6.07, 6.45) is 2.03. The lowest BCUT2D eigenvalue weighted by molar-refractivity contribution is 0.304. The summed E-state index contributed by atoms with van der Waals surface area (Å²) in [6, 6.07) is 2.18. The molecule has 2 rings (SSSR count). The fourth-order valence-electron chi connectivity index (χ4n) is 2.06. The predicted molar refractivity (Wildman–Crippen MR) is 87.2 cm³/mol. The maximum atomic E-state index is 4.20. The van der Waals surface area contributed by atoms with E-state index in [2.05, 4.69) is 58.3 Å². The van der Waals surface area contributed by atoms with E-state index in [1.165, 1.54) is 5.56 Å². The van der Waals surface area contributed by atoms with Gasteiger partial charge in [-0.3, -0.25) is 4.68 Å². The molecule has 0 aliphatic rings. The minimum absolute atomic E-state index is 0.658. The molecule has 0 atom stereocenters. The second-order valence-electron chi connectivity index (χ2n) is 5.87. The van der Waals surface area contributed by atoms with E-state index in [9.17, 15) is 0 Å². The van der Waals surface area contributed by atoms with Crippen LogP contribution in [0.5, 0.6) is 0 Å². The second kappa shape index (κ2) is 8.26. The van der Waals surface area contributed by atoms with Crippen LogP contribution in [0.25, 0.3) is 0 Å². The SMILES string of the molecule is CC(C)CNCc1cn(CCN(C)Cc2ccsc2)nn1. The summed E-state index contributed by atoms with van der Waals surface area (Å²) in [5.41, 5.74) is 2.39. The van der Waals surface area contributed by atoms with Crippen molar-refractivity contribution in [3.8, 4) is 0 Å². The molecule has 0 saturated heterocycles. The Morgan fingerprint density at radius 3 is 3.00 bits per heavy atom. The number of hydrogen-bond donors (Lipinski definition) is 1. The Morgan fingerprint density at radius 1 is 1.43 bits per heavy atom.